The third kappa shape index (κ3) is 2.65. The topological polar surface area (TPSA) is 55.8 Å². The molecule has 4 rings (SSSR count). The van der Waals surface area contributed by atoms with Gasteiger partial charge in [-0.1, -0.05) is 24.3 Å². The molecule has 5 nitrogen and oxygen atoms in total. The maximum atomic E-state index is 13.1. The summed E-state index contributed by atoms with van der Waals surface area (Å²) in [7, 11) is 1.37. The molecule has 0 aliphatic carbocycles. The Hall–Kier alpha value is -2.82. The number of methoxy groups -OCH3 is 1. The van der Waals surface area contributed by atoms with Crippen molar-refractivity contribution in [3.8, 4) is 5.75 Å². The zero-order valence-corrected chi connectivity index (χ0v) is 14.0. The SMILES string of the molecule is COC(=O)c1cccc2c1CCCN2C(=O)[C@H]1Cc2ccccc2O1. The van der Waals surface area contributed by atoms with E-state index in [2.05, 4.69) is 0 Å². The molecule has 0 fully saturated rings. The molecule has 1 amide bonds. The van der Waals surface area contributed by atoms with Gasteiger partial charge in [0, 0.05) is 18.7 Å². The van der Waals surface area contributed by atoms with Crippen LogP contribution in [0.5, 0.6) is 5.75 Å². The van der Waals surface area contributed by atoms with Crippen molar-refractivity contribution in [2.75, 3.05) is 18.6 Å². The molecule has 0 radical (unpaired) electrons. The van der Waals surface area contributed by atoms with Gasteiger partial charge >= 0.3 is 5.97 Å². The molecule has 0 saturated heterocycles. The van der Waals surface area contributed by atoms with E-state index >= 15 is 0 Å². The lowest BCUT2D eigenvalue weighted by Gasteiger charge is -2.32. The highest BCUT2D eigenvalue weighted by atomic mass is 16.5. The number of fused-ring (bicyclic) bond motifs is 2. The van der Waals surface area contributed by atoms with Crippen molar-refractivity contribution >= 4 is 17.6 Å². The zero-order valence-electron chi connectivity index (χ0n) is 14.0. The highest BCUT2D eigenvalue weighted by Crippen LogP contribution is 2.34. The maximum absolute atomic E-state index is 13.1. The van der Waals surface area contributed by atoms with Gasteiger partial charge in [0.1, 0.15) is 5.75 Å². The first-order valence-corrected chi connectivity index (χ1v) is 8.45. The van der Waals surface area contributed by atoms with Crippen LogP contribution in [0.25, 0.3) is 0 Å². The number of carbonyl (C=O) groups is 2. The lowest BCUT2D eigenvalue weighted by molar-refractivity contribution is -0.124. The number of para-hydroxylation sites is 1. The fourth-order valence-electron chi connectivity index (χ4n) is 3.65. The average Bonchev–Trinajstić information content (AvgIpc) is 3.10. The lowest BCUT2D eigenvalue weighted by atomic mass is 9.95. The van der Waals surface area contributed by atoms with Crippen molar-refractivity contribution in [1.82, 2.24) is 0 Å². The van der Waals surface area contributed by atoms with Crippen LogP contribution in [0.3, 0.4) is 0 Å². The number of esters is 1. The van der Waals surface area contributed by atoms with Crippen LogP contribution in [0.4, 0.5) is 5.69 Å². The number of hydrogen-bond acceptors (Lipinski definition) is 4. The molecule has 1 atom stereocenters. The van der Waals surface area contributed by atoms with Crippen molar-refractivity contribution in [1.29, 1.82) is 0 Å². The van der Waals surface area contributed by atoms with Gasteiger partial charge in [0.15, 0.2) is 6.10 Å². The van der Waals surface area contributed by atoms with Crippen LogP contribution in [-0.2, 0) is 22.4 Å². The summed E-state index contributed by atoms with van der Waals surface area (Å²) >= 11 is 0. The normalized spacial score (nSPS) is 18.1. The van der Waals surface area contributed by atoms with Gasteiger partial charge in [-0.15, -0.1) is 0 Å². The molecular formula is C20H19NO4. The molecular weight excluding hydrogens is 318 g/mol. The maximum Gasteiger partial charge on any atom is 0.338 e. The summed E-state index contributed by atoms with van der Waals surface area (Å²) < 4.78 is 10.7. The number of hydrogen-bond donors (Lipinski definition) is 0. The molecule has 2 aliphatic heterocycles. The van der Waals surface area contributed by atoms with Crippen LogP contribution < -0.4 is 9.64 Å². The Labute approximate surface area is 146 Å². The average molecular weight is 337 g/mol. The highest BCUT2D eigenvalue weighted by Gasteiger charge is 2.35. The van der Waals surface area contributed by atoms with Gasteiger partial charge in [0.25, 0.3) is 5.91 Å². The molecule has 2 aliphatic rings. The summed E-state index contributed by atoms with van der Waals surface area (Å²) in [5.74, 6) is 0.358. The van der Waals surface area contributed by atoms with E-state index in [4.69, 9.17) is 9.47 Å². The number of nitrogens with zero attached hydrogens (tertiary/aromatic N) is 1. The van der Waals surface area contributed by atoms with E-state index in [-0.39, 0.29) is 11.9 Å². The minimum absolute atomic E-state index is 0.0563. The molecule has 25 heavy (non-hydrogen) atoms. The van der Waals surface area contributed by atoms with E-state index in [9.17, 15) is 9.59 Å². The van der Waals surface area contributed by atoms with Crippen LogP contribution in [-0.4, -0.2) is 31.6 Å². The van der Waals surface area contributed by atoms with Gasteiger partial charge in [0.05, 0.1) is 12.7 Å². The number of carbonyl (C=O) groups excluding carboxylic acids is 2. The first kappa shape index (κ1) is 15.7. The molecule has 2 aromatic rings. The Kier molecular flexibility index (Phi) is 3.92. The molecule has 0 N–H and O–H groups in total. The van der Waals surface area contributed by atoms with Gasteiger partial charge in [-0.25, -0.2) is 4.79 Å². The lowest BCUT2D eigenvalue weighted by Crippen LogP contribution is -2.44. The van der Waals surface area contributed by atoms with Crippen molar-refractivity contribution in [2.24, 2.45) is 0 Å². The predicted octanol–water partition coefficient (Wildman–Crippen LogP) is 2.76. The quantitative estimate of drug-likeness (QED) is 0.791. The number of anilines is 1. The van der Waals surface area contributed by atoms with Crippen molar-refractivity contribution in [2.45, 2.75) is 25.4 Å². The van der Waals surface area contributed by atoms with Crippen molar-refractivity contribution < 1.29 is 19.1 Å². The second-order valence-electron chi connectivity index (χ2n) is 6.31. The van der Waals surface area contributed by atoms with Gasteiger partial charge in [-0.2, -0.15) is 0 Å². The number of benzene rings is 2. The van der Waals surface area contributed by atoms with E-state index < -0.39 is 6.10 Å². The van der Waals surface area contributed by atoms with E-state index in [0.717, 1.165) is 35.4 Å². The van der Waals surface area contributed by atoms with E-state index in [0.29, 0.717) is 18.5 Å². The van der Waals surface area contributed by atoms with E-state index in [1.165, 1.54) is 7.11 Å². The molecule has 0 aromatic heterocycles. The monoisotopic (exact) mass is 337 g/mol. The molecule has 2 heterocycles. The van der Waals surface area contributed by atoms with Crippen LogP contribution in [0.2, 0.25) is 0 Å². The Morgan fingerprint density at radius 2 is 2.00 bits per heavy atom. The van der Waals surface area contributed by atoms with Crippen LogP contribution >= 0.6 is 0 Å². The van der Waals surface area contributed by atoms with Crippen LogP contribution in [0.15, 0.2) is 42.5 Å². The molecule has 0 bridgehead atoms. The minimum atomic E-state index is -0.509. The largest absolute Gasteiger partial charge is 0.480 e. The van der Waals surface area contributed by atoms with Crippen molar-refractivity contribution in [3.05, 3.63) is 59.2 Å². The summed E-state index contributed by atoms with van der Waals surface area (Å²) in [6.45, 7) is 0.632. The minimum Gasteiger partial charge on any atom is -0.480 e. The summed E-state index contributed by atoms with van der Waals surface area (Å²) in [5, 5.41) is 0. The highest BCUT2D eigenvalue weighted by molar-refractivity contribution is 6.01. The fraction of sp³-hybridized carbons (Fsp3) is 0.300. The first-order valence-electron chi connectivity index (χ1n) is 8.45. The summed E-state index contributed by atoms with van der Waals surface area (Å²) in [4.78, 5) is 26.8. The van der Waals surface area contributed by atoms with Crippen molar-refractivity contribution in [3.63, 3.8) is 0 Å². The summed E-state index contributed by atoms with van der Waals surface area (Å²) in [5.41, 5.74) is 3.26. The first-order chi connectivity index (χ1) is 12.2. The Balaban J connectivity index is 1.64. The van der Waals surface area contributed by atoms with Gasteiger partial charge in [0.2, 0.25) is 0 Å². The number of ether oxygens (including phenoxy) is 2. The third-order valence-corrected chi connectivity index (χ3v) is 4.84. The molecule has 2 aromatic carbocycles. The van der Waals surface area contributed by atoms with Gasteiger partial charge < -0.3 is 14.4 Å². The zero-order chi connectivity index (χ0) is 17.4. The van der Waals surface area contributed by atoms with Crippen LogP contribution in [0, 0.1) is 0 Å². The Bertz CT molecular complexity index is 820. The third-order valence-electron chi connectivity index (χ3n) is 4.84. The Morgan fingerprint density at radius 1 is 1.16 bits per heavy atom. The number of rotatable bonds is 2. The van der Waals surface area contributed by atoms with E-state index in [1.54, 1.807) is 17.0 Å². The molecule has 5 heteroatoms. The fourth-order valence-corrected chi connectivity index (χ4v) is 3.65. The van der Waals surface area contributed by atoms with Crippen LogP contribution in [0.1, 0.15) is 27.9 Å². The second-order valence-corrected chi connectivity index (χ2v) is 6.31. The van der Waals surface area contributed by atoms with E-state index in [1.807, 2.05) is 30.3 Å². The summed E-state index contributed by atoms with van der Waals surface area (Å²) in [6, 6.07) is 13.2. The predicted molar refractivity (Wildman–Crippen MR) is 93.0 cm³/mol. The molecule has 128 valence electrons. The number of amides is 1. The Morgan fingerprint density at radius 3 is 2.80 bits per heavy atom. The molecule has 0 unspecified atom stereocenters. The smallest absolute Gasteiger partial charge is 0.338 e. The standard InChI is InChI=1S/C20H19NO4/c1-24-20(23)15-7-4-9-16-14(15)8-5-11-21(16)19(22)18-12-13-6-2-3-10-17(13)25-18/h2-4,6-7,9-10,18H,5,8,11-12H2,1H3/t18-/m1/s1. The second kappa shape index (κ2) is 6.24. The van der Waals surface area contributed by atoms with Gasteiger partial charge in [-0.05, 0) is 42.2 Å². The molecule has 0 saturated carbocycles. The summed E-state index contributed by atoms with van der Waals surface area (Å²) in [6.07, 6.45) is 1.64. The van der Waals surface area contributed by atoms with Gasteiger partial charge in [-0.3, -0.25) is 4.79 Å². The molecule has 0 spiro atoms.